The highest BCUT2D eigenvalue weighted by Gasteiger charge is 2.59. The van der Waals surface area contributed by atoms with E-state index >= 15 is 0 Å². The Hall–Kier alpha value is -4.06. The van der Waals surface area contributed by atoms with Gasteiger partial charge in [0.15, 0.2) is 5.69 Å². The minimum atomic E-state index is -5.03. The first-order chi connectivity index (χ1) is 15.1. The molecule has 32 heavy (non-hydrogen) atoms. The number of hydrogen-bond acceptors (Lipinski definition) is 5. The van der Waals surface area contributed by atoms with Gasteiger partial charge in [0, 0.05) is 22.7 Å². The zero-order valence-corrected chi connectivity index (χ0v) is 16.2. The standard InChI is InChI=1S/C20H14F4N6O2/c21-13-6-12-14(5-11(13)8-30-9-27-15(7-25)16(26)17(30)31)28-18(32)29-19(12,20(22,23)24)4-3-10-1-2-10/h5-6,9-10H,1-2,8,26H2,(H2,28,29,32)/t19-/m0/s1. The highest BCUT2D eigenvalue weighted by atomic mass is 19.4. The molecule has 12 heteroatoms. The molecule has 0 spiro atoms. The molecule has 4 rings (SSSR count). The lowest BCUT2D eigenvalue weighted by molar-refractivity contribution is -0.178. The lowest BCUT2D eigenvalue weighted by Gasteiger charge is -2.37. The van der Waals surface area contributed by atoms with Crippen molar-refractivity contribution in [2.75, 3.05) is 11.1 Å². The van der Waals surface area contributed by atoms with E-state index < -0.39 is 46.9 Å². The van der Waals surface area contributed by atoms with Crippen molar-refractivity contribution >= 4 is 17.4 Å². The lowest BCUT2D eigenvalue weighted by atomic mass is 9.85. The number of nitrogens with two attached hydrogens (primary N) is 1. The first-order valence-electron chi connectivity index (χ1n) is 9.32. The Morgan fingerprint density at radius 2 is 2.03 bits per heavy atom. The number of nitrogens with zero attached hydrogens (tertiary/aromatic N) is 3. The molecule has 2 heterocycles. The van der Waals surface area contributed by atoms with Crippen LogP contribution in [0.3, 0.4) is 0 Å². The molecule has 2 aliphatic rings. The van der Waals surface area contributed by atoms with Gasteiger partial charge >= 0.3 is 12.2 Å². The normalized spacial score (nSPS) is 19.7. The number of urea groups is 1. The van der Waals surface area contributed by atoms with Crippen molar-refractivity contribution < 1.29 is 22.4 Å². The predicted octanol–water partition coefficient (Wildman–Crippen LogP) is 2.19. The summed E-state index contributed by atoms with van der Waals surface area (Å²) in [6, 6.07) is 2.12. The fraction of sp³-hybridized carbons (Fsp3) is 0.300. The average Bonchev–Trinajstić information content (AvgIpc) is 3.54. The summed E-state index contributed by atoms with van der Waals surface area (Å²) in [6.45, 7) is -0.447. The van der Waals surface area contributed by atoms with Crippen LogP contribution in [-0.2, 0) is 12.1 Å². The number of amides is 2. The minimum absolute atomic E-state index is 0.199. The highest BCUT2D eigenvalue weighted by molar-refractivity contribution is 5.95. The third-order valence-electron chi connectivity index (χ3n) is 5.13. The minimum Gasteiger partial charge on any atom is -0.392 e. The van der Waals surface area contributed by atoms with E-state index in [2.05, 4.69) is 22.1 Å². The van der Waals surface area contributed by atoms with Crippen LogP contribution in [0.5, 0.6) is 0 Å². The molecule has 1 aliphatic heterocycles. The highest BCUT2D eigenvalue weighted by Crippen LogP contribution is 2.45. The summed E-state index contributed by atoms with van der Waals surface area (Å²) >= 11 is 0. The van der Waals surface area contributed by atoms with Gasteiger partial charge in [-0.15, -0.1) is 0 Å². The van der Waals surface area contributed by atoms with Crippen LogP contribution in [0.25, 0.3) is 0 Å². The van der Waals surface area contributed by atoms with Crippen molar-refractivity contribution in [2.24, 2.45) is 5.92 Å². The molecule has 1 aromatic carbocycles. The van der Waals surface area contributed by atoms with E-state index in [0.29, 0.717) is 18.9 Å². The summed E-state index contributed by atoms with van der Waals surface area (Å²) in [5.74, 6) is 3.37. The number of alkyl halides is 3. The Labute approximate surface area is 178 Å². The third-order valence-corrected chi connectivity index (χ3v) is 5.13. The molecule has 4 N–H and O–H groups in total. The molecule has 1 saturated carbocycles. The van der Waals surface area contributed by atoms with Gasteiger partial charge in [0.2, 0.25) is 5.54 Å². The van der Waals surface area contributed by atoms with Crippen LogP contribution in [-0.4, -0.2) is 21.8 Å². The van der Waals surface area contributed by atoms with Crippen LogP contribution in [0, 0.1) is 34.9 Å². The van der Waals surface area contributed by atoms with Gasteiger partial charge in [-0.1, -0.05) is 11.8 Å². The summed E-state index contributed by atoms with van der Waals surface area (Å²) in [7, 11) is 0. The predicted molar refractivity (Wildman–Crippen MR) is 104 cm³/mol. The number of carbonyl (C=O) groups excluding carboxylic acids is 1. The van der Waals surface area contributed by atoms with Crippen molar-refractivity contribution in [1.82, 2.24) is 14.9 Å². The second kappa shape index (κ2) is 7.27. The summed E-state index contributed by atoms with van der Waals surface area (Å²) in [5.41, 5.74) is -0.202. The second-order valence-electron chi connectivity index (χ2n) is 7.41. The lowest BCUT2D eigenvalue weighted by Crippen LogP contribution is -2.59. The number of carbonyl (C=O) groups is 1. The molecule has 8 nitrogen and oxygen atoms in total. The van der Waals surface area contributed by atoms with Crippen LogP contribution in [0.15, 0.2) is 23.3 Å². The molecule has 0 saturated heterocycles. The summed E-state index contributed by atoms with van der Waals surface area (Å²) in [4.78, 5) is 28.0. The zero-order chi connectivity index (χ0) is 23.3. The van der Waals surface area contributed by atoms with E-state index in [0.717, 1.165) is 17.0 Å². The Bertz CT molecular complexity index is 1300. The summed E-state index contributed by atoms with van der Waals surface area (Å²) in [6.07, 6.45) is -2.75. The second-order valence-corrected chi connectivity index (χ2v) is 7.41. The number of fused-ring (bicyclic) bond motifs is 1. The molecule has 1 aromatic heterocycles. The molecule has 0 radical (unpaired) electrons. The van der Waals surface area contributed by atoms with Gasteiger partial charge < -0.3 is 16.4 Å². The first kappa shape index (κ1) is 21.2. The SMILES string of the molecule is N#Cc1ncn(Cc2cc3c(cc2F)[C@@](C#CC2CC2)(C(F)(F)F)NC(=O)N3)c(=O)c1N. The average molecular weight is 446 g/mol. The number of halogens is 4. The summed E-state index contributed by atoms with van der Waals surface area (Å²) < 4.78 is 58.1. The van der Waals surface area contributed by atoms with Crippen LogP contribution < -0.4 is 21.9 Å². The number of aromatic nitrogens is 2. The Kier molecular flexibility index (Phi) is 4.81. The molecular formula is C20H14F4N6O2. The maximum Gasteiger partial charge on any atom is 0.427 e. The maximum atomic E-state index is 14.9. The van der Waals surface area contributed by atoms with E-state index in [1.54, 1.807) is 6.07 Å². The van der Waals surface area contributed by atoms with Crippen LogP contribution in [0.2, 0.25) is 0 Å². The molecule has 164 valence electrons. The smallest absolute Gasteiger partial charge is 0.392 e. The number of rotatable bonds is 2. The number of hydrogen-bond donors (Lipinski definition) is 3. The van der Waals surface area contributed by atoms with Crippen molar-refractivity contribution in [3.8, 4) is 17.9 Å². The fourth-order valence-electron chi connectivity index (χ4n) is 3.27. The van der Waals surface area contributed by atoms with Crippen molar-refractivity contribution in [2.45, 2.75) is 31.1 Å². The van der Waals surface area contributed by atoms with E-state index in [1.165, 1.54) is 0 Å². The van der Waals surface area contributed by atoms with Crippen LogP contribution >= 0.6 is 0 Å². The quantitative estimate of drug-likeness (QED) is 0.482. The van der Waals surface area contributed by atoms with E-state index in [4.69, 9.17) is 11.0 Å². The molecule has 2 aromatic rings. The molecular weight excluding hydrogens is 432 g/mol. The molecule has 1 atom stereocenters. The summed E-state index contributed by atoms with van der Waals surface area (Å²) in [5, 5.41) is 12.9. The number of nitrogens with one attached hydrogen (secondary N) is 2. The zero-order valence-electron chi connectivity index (χ0n) is 16.2. The monoisotopic (exact) mass is 446 g/mol. The molecule has 1 fully saturated rings. The van der Waals surface area contributed by atoms with E-state index in [9.17, 15) is 27.2 Å². The van der Waals surface area contributed by atoms with Crippen molar-refractivity contribution in [1.29, 1.82) is 5.26 Å². The third kappa shape index (κ3) is 3.50. The van der Waals surface area contributed by atoms with Crippen molar-refractivity contribution in [3.05, 3.63) is 51.5 Å². The molecule has 0 unspecified atom stereocenters. The fourth-order valence-corrected chi connectivity index (χ4v) is 3.27. The van der Waals surface area contributed by atoms with Gasteiger partial charge in [-0.25, -0.2) is 14.2 Å². The van der Waals surface area contributed by atoms with Crippen LogP contribution in [0.1, 0.15) is 29.7 Å². The van der Waals surface area contributed by atoms with Gasteiger partial charge in [0.05, 0.1) is 12.9 Å². The van der Waals surface area contributed by atoms with E-state index in [1.807, 2.05) is 5.32 Å². The Morgan fingerprint density at radius 1 is 1.31 bits per heavy atom. The van der Waals surface area contributed by atoms with Gasteiger partial charge in [0.1, 0.15) is 17.6 Å². The van der Waals surface area contributed by atoms with Gasteiger partial charge in [0.25, 0.3) is 5.56 Å². The number of anilines is 2. The van der Waals surface area contributed by atoms with Gasteiger partial charge in [-0.2, -0.15) is 18.4 Å². The Morgan fingerprint density at radius 3 is 2.66 bits per heavy atom. The van der Waals surface area contributed by atoms with Gasteiger partial charge in [-0.05, 0) is 25.0 Å². The largest absolute Gasteiger partial charge is 0.427 e. The number of nitriles is 1. The van der Waals surface area contributed by atoms with Gasteiger partial charge in [-0.3, -0.25) is 9.36 Å². The number of nitrogen functional groups attached to an aromatic ring is 1. The Balaban J connectivity index is 1.82. The molecule has 2 amide bonds. The van der Waals surface area contributed by atoms with Crippen LogP contribution in [0.4, 0.5) is 33.7 Å². The first-order valence-corrected chi connectivity index (χ1v) is 9.32. The maximum absolute atomic E-state index is 14.9. The topological polar surface area (TPSA) is 126 Å². The van der Waals surface area contributed by atoms with E-state index in [-0.39, 0.29) is 22.9 Å². The van der Waals surface area contributed by atoms with Crippen molar-refractivity contribution in [3.63, 3.8) is 0 Å². The molecule has 0 bridgehead atoms. The number of benzene rings is 1. The molecule has 1 aliphatic carbocycles.